The molecule has 0 spiro atoms. The molecule has 2 amide bonds. The number of hydrogen-bond donors (Lipinski definition) is 2. The van der Waals surface area contributed by atoms with Crippen molar-refractivity contribution in [2.45, 2.75) is 33.2 Å². The van der Waals surface area contributed by atoms with Crippen LogP contribution in [0.2, 0.25) is 10.0 Å². The molecule has 28 heavy (non-hydrogen) atoms. The Bertz CT molecular complexity index is 1080. The fraction of sp³-hybridized carbons (Fsp3) is 0.238. The van der Waals surface area contributed by atoms with Gasteiger partial charge in [0.2, 0.25) is 0 Å². The number of halogens is 2. The van der Waals surface area contributed by atoms with E-state index < -0.39 is 0 Å². The molecule has 0 aliphatic carbocycles. The van der Waals surface area contributed by atoms with Crippen LogP contribution in [0.15, 0.2) is 36.4 Å². The van der Waals surface area contributed by atoms with Crippen LogP contribution in [0.3, 0.4) is 0 Å². The van der Waals surface area contributed by atoms with Crippen molar-refractivity contribution in [2.75, 3.05) is 5.32 Å². The molecule has 2 N–H and O–H groups in total. The summed E-state index contributed by atoms with van der Waals surface area (Å²) in [7, 11) is 0. The highest BCUT2D eigenvalue weighted by atomic mass is 35.5. The third-order valence-electron chi connectivity index (χ3n) is 4.03. The smallest absolute Gasteiger partial charge is 0.263 e. The first-order valence-electron chi connectivity index (χ1n) is 8.68. The normalized spacial score (nSPS) is 11.5. The van der Waals surface area contributed by atoms with E-state index in [0.717, 1.165) is 15.6 Å². The van der Waals surface area contributed by atoms with Gasteiger partial charge in [0.05, 0.1) is 15.4 Å². The quantitative estimate of drug-likeness (QED) is 0.508. The molecule has 0 aliphatic rings. The highest BCUT2D eigenvalue weighted by molar-refractivity contribution is 7.22. The Morgan fingerprint density at radius 2 is 1.75 bits per heavy atom. The van der Waals surface area contributed by atoms with Gasteiger partial charge < -0.3 is 10.6 Å². The van der Waals surface area contributed by atoms with Crippen LogP contribution in [0.5, 0.6) is 0 Å². The zero-order valence-corrected chi connectivity index (χ0v) is 18.3. The van der Waals surface area contributed by atoms with Crippen molar-refractivity contribution in [3.63, 3.8) is 0 Å². The molecule has 2 aromatic carbocycles. The van der Waals surface area contributed by atoms with Gasteiger partial charge in [-0.15, -0.1) is 11.3 Å². The van der Waals surface area contributed by atoms with Gasteiger partial charge in [0.15, 0.2) is 0 Å². The summed E-state index contributed by atoms with van der Waals surface area (Å²) in [5.74, 6) is -0.513. The van der Waals surface area contributed by atoms with E-state index in [1.807, 2.05) is 33.8 Å². The number of hydrogen-bond acceptors (Lipinski definition) is 3. The number of carbonyl (C=O) groups is 2. The lowest BCUT2D eigenvalue weighted by Crippen LogP contribution is -2.40. The lowest BCUT2D eigenvalue weighted by atomic mass is 10.1. The Morgan fingerprint density at radius 1 is 1.04 bits per heavy atom. The summed E-state index contributed by atoms with van der Waals surface area (Å²) in [6.07, 6.45) is 0. The molecule has 4 nitrogen and oxygen atoms in total. The van der Waals surface area contributed by atoms with Gasteiger partial charge in [-0.25, -0.2) is 0 Å². The van der Waals surface area contributed by atoms with E-state index in [2.05, 4.69) is 10.6 Å². The molecule has 0 atom stereocenters. The van der Waals surface area contributed by atoms with Gasteiger partial charge in [0.1, 0.15) is 4.88 Å². The summed E-state index contributed by atoms with van der Waals surface area (Å²) in [4.78, 5) is 25.7. The molecule has 1 aromatic heterocycles. The average molecular weight is 435 g/mol. The predicted octanol–water partition coefficient (Wildman–Crippen LogP) is 6.30. The molecule has 3 rings (SSSR count). The number of thiophene rings is 1. The minimum absolute atomic E-state index is 0.235. The second kappa shape index (κ2) is 7.74. The Morgan fingerprint density at radius 3 is 2.39 bits per heavy atom. The number of anilines is 1. The van der Waals surface area contributed by atoms with Gasteiger partial charge >= 0.3 is 0 Å². The maximum Gasteiger partial charge on any atom is 0.263 e. The monoisotopic (exact) mass is 434 g/mol. The maximum atomic E-state index is 12.7. The SMILES string of the molecule is Cc1ccc(C(=O)Nc2cccc3c(Cl)c(C(=O)NC(C)(C)C)sc23)cc1Cl. The molecule has 0 aliphatic heterocycles. The molecular formula is C21H20Cl2N2O2S. The first-order valence-corrected chi connectivity index (χ1v) is 10.2. The van der Waals surface area contributed by atoms with E-state index in [-0.39, 0.29) is 17.4 Å². The van der Waals surface area contributed by atoms with Crippen molar-refractivity contribution in [2.24, 2.45) is 0 Å². The minimum atomic E-state index is -0.377. The predicted molar refractivity (Wildman–Crippen MR) is 118 cm³/mol. The topological polar surface area (TPSA) is 58.2 Å². The van der Waals surface area contributed by atoms with Crippen molar-refractivity contribution < 1.29 is 9.59 Å². The van der Waals surface area contributed by atoms with E-state index in [0.29, 0.717) is 26.2 Å². The molecular weight excluding hydrogens is 415 g/mol. The van der Waals surface area contributed by atoms with Crippen LogP contribution < -0.4 is 10.6 Å². The van der Waals surface area contributed by atoms with Crippen LogP contribution in [0, 0.1) is 6.92 Å². The van der Waals surface area contributed by atoms with E-state index in [1.165, 1.54) is 11.3 Å². The van der Waals surface area contributed by atoms with E-state index in [4.69, 9.17) is 23.2 Å². The molecule has 0 fully saturated rings. The van der Waals surface area contributed by atoms with Crippen molar-refractivity contribution in [1.82, 2.24) is 5.32 Å². The Balaban J connectivity index is 1.96. The number of aryl methyl sites for hydroxylation is 1. The van der Waals surface area contributed by atoms with Crippen molar-refractivity contribution in [1.29, 1.82) is 0 Å². The standard InChI is InChI=1S/C21H20Cl2N2O2S/c1-11-8-9-12(10-14(11)22)19(26)24-15-7-5-6-13-16(23)18(28-17(13)15)20(27)25-21(2,3)4/h5-10H,1-4H3,(H,24,26)(H,25,27). The highest BCUT2D eigenvalue weighted by Gasteiger charge is 2.23. The second-order valence-corrected chi connectivity index (χ2v) is 9.36. The Hall–Kier alpha value is -2.08. The molecule has 146 valence electrons. The molecule has 3 aromatic rings. The van der Waals surface area contributed by atoms with E-state index in [1.54, 1.807) is 30.3 Å². The summed E-state index contributed by atoms with van der Waals surface area (Å²) in [6.45, 7) is 7.60. The van der Waals surface area contributed by atoms with Gasteiger partial charge in [0, 0.05) is 21.5 Å². The van der Waals surface area contributed by atoms with Crippen LogP contribution in [-0.4, -0.2) is 17.4 Å². The van der Waals surface area contributed by atoms with Crippen LogP contribution in [0.25, 0.3) is 10.1 Å². The summed E-state index contributed by atoms with van der Waals surface area (Å²) < 4.78 is 0.748. The number of carbonyl (C=O) groups excluding carboxylic acids is 2. The molecule has 0 radical (unpaired) electrons. The van der Waals surface area contributed by atoms with Gasteiger partial charge in [-0.05, 0) is 51.5 Å². The Kier molecular flexibility index (Phi) is 5.71. The number of nitrogens with one attached hydrogen (secondary N) is 2. The van der Waals surface area contributed by atoms with Crippen molar-refractivity contribution in [3.05, 3.63) is 62.4 Å². The molecule has 0 unspecified atom stereocenters. The number of benzene rings is 2. The largest absolute Gasteiger partial charge is 0.347 e. The second-order valence-electron chi connectivity index (χ2n) is 7.55. The summed E-state index contributed by atoms with van der Waals surface area (Å²) in [5.41, 5.74) is 1.58. The first kappa shape index (κ1) is 20.6. The van der Waals surface area contributed by atoms with Crippen LogP contribution >= 0.6 is 34.5 Å². The minimum Gasteiger partial charge on any atom is -0.347 e. The maximum absolute atomic E-state index is 12.7. The third-order valence-corrected chi connectivity index (χ3v) is 6.18. The highest BCUT2D eigenvalue weighted by Crippen LogP contribution is 2.39. The summed E-state index contributed by atoms with van der Waals surface area (Å²) in [6, 6.07) is 10.6. The van der Waals surface area contributed by atoms with Crippen LogP contribution in [0.1, 0.15) is 46.4 Å². The first-order chi connectivity index (χ1) is 13.1. The molecule has 0 saturated carbocycles. The summed E-state index contributed by atoms with van der Waals surface area (Å²) in [5, 5.41) is 7.46. The van der Waals surface area contributed by atoms with E-state index in [9.17, 15) is 9.59 Å². The van der Waals surface area contributed by atoms with Gasteiger partial charge in [-0.1, -0.05) is 41.4 Å². The molecule has 0 bridgehead atoms. The molecule has 0 saturated heterocycles. The fourth-order valence-corrected chi connectivity index (χ4v) is 4.31. The molecule has 7 heteroatoms. The lowest BCUT2D eigenvalue weighted by molar-refractivity contribution is 0.0923. The number of amides is 2. The lowest BCUT2D eigenvalue weighted by Gasteiger charge is -2.19. The van der Waals surface area contributed by atoms with Crippen LogP contribution in [-0.2, 0) is 0 Å². The fourth-order valence-electron chi connectivity index (χ4n) is 2.66. The zero-order chi connectivity index (χ0) is 20.6. The van der Waals surface area contributed by atoms with E-state index >= 15 is 0 Å². The van der Waals surface area contributed by atoms with Gasteiger partial charge in [-0.3, -0.25) is 9.59 Å². The average Bonchev–Trinajstić information content (AvgIpc) is 2.94. The summed E-state index contributed by atoms with van der Waals surface area (Å²) >= 11 is 13.8. The van der Waals surface area contributed by atoms with Crippen LogP contribution in [0.4, 0.5) is 5.69 Å². The Labute approximate surface area is 177 Å². The van der Waals surface area contributed by atoms with Gasteiger partial charge in [-0.2, -0.15) is 0 Å². The number of fused-ring (bicyclic) bond motifs is 1. The number of rotatable bonds is 3. The zero-order valence-electron chi connectivity index (χ0n) is 15.9. The van der Waals surface area contributed by atoms with Gasteiger partial charge in [0.25, 0.3) is 11.8 Å². The third kappa shape index (κ3) is 4.32. The molecule has 1 heterocycles. The van der Waals surface area contributed by atoms with Crippen molar-refractivity contribution in [3.8, 4) is 0 Å². The van der Waals surface area contributed by atoms with Crippen molar-refractivity contribution >= 4 is 62.1 Å².